The second kappa shape index (κ2) is 6.50. The number of hydrogen-bond donors (Lipinski definition) is 1. The van der Waals surface area contributed by atoms with E-state index in [1.54, 1.807) is 6.07 Å². The van der Waals surface area contributed by atoms with Gasteiger partial charge in [0.1, 0.15) is 5.82 Å². The summed E-state index contributed by atoms with van der Waals surface area (Å²) >= 11 is 0. The normalized spacial score (nSPS) is 15.8. The molecule has 1 N–H and O–H groups in total. The lowest BCUT2D eigenvalue weighted by atomic mass is 10.1. The Morgan fingerprint density at radius 2 is 2.17 bits per heavy atom. The first-order valence-corrected chi connectivity index (χ1v) is 6.43. The van der Waals surface area contributed by atoms with Crippen molar-refractivity contribution in [1.29, 1.82) is 0 Å². The molecule has 1 aromatic carbocycles. The Morgan fingerprint density at radius 1 is 1.39 bits per heavy atom. The quantitative estimate of drug-likeness (QED) is 0.817. The number of carbonyl (C=O) groups is 1. The molecule has 1 fully saturated rings. The van der Waals surface area contributed by atoms with Crippen molar-refractivity contribution < 1.29 is 14.0 Å². The number of hydrogen-bond acceptors (Lipinski definition) is 2. The molecule has 0 heterocycles. The van der Waals surface area contributed by atoms with Gasteiger partial charge in [-0.15, -0.1) is 0 Å². The summed E-state index contributed by atoms with van der Waals surface area (Å²) in [5, 5.41) is 0. The number of amides is 1. The predicted octanol–water partition coefficient (Wildman–Crippen LogP) is 2.75. The summed E-state index contributed by atoms with van der Waals surface area (Å²) in [6.45, 7) is 0. The van der Waals surface area contributed by atoms with Crippen molar-refractivity contribution in [1.82, 2.24) is 5.48 Å². The lowest BCUT2D eigenvalue weighted by Gasteiger charge is -2.11. The van der Waals surface area contributed by atoms with E-state index in [1.165, 1.54) is 25.0 Å². The highest BCUT2D eigenvalue weighted by atomic mass is 19.1. The molecule has 0 spiro atoms. The van der Waals surface area contributed by atoms with E-state index in [2.05, 4.69) is 5.48 Å². The average Bonchev–Trinajstić information content (AvgIpc) is 2.87. The molecular weight excluding hydrogens is 233 g/mol. The van der Waals surface area contributed by atoms with Gasteiger partial charge in [0.05, 0.1) is 6.10 Å². The molecule has 0 atom stereocenters. The van der Waals surface area contributed by atoms with E-state index in [0.717, 1.165) is 18.4 Å². The molecule has 3 nitrogen and oxygen atoms in total. The summed E-state index contributed by atoms with van der Waals surface area (Å²) in [5.41, 5.74) is 3.30. The molecule has 0 saturated heterocycles. The number of benzene rings is 1. The first-order valence-electron chi connectivity index (χ1n) is 6.43. The van der Waals surface area contributed by atoms with Crippen molar-refractivity contribution in [3.8, 4) is 0 Å². The molecule has 18 heavy (non-hydrogen) atoms. The Hall–Kier alpha value is -1.42. The molecule has 0 aliphatic heterocycles. The van der Waals surface area contributed by atoms with Gasteiger partial charge in [-0.05, 0) is 37.0 Å². The Kier molecular flexibility index (Phi) is 4.70. The van der Waals surface area contributed by atoms with Crippen molar-refractivity contribution in [2.75, 3.05) is 0 Å². The molecular formula is C14H18FNO2. The lowest BCUT2D eigenvalue weighted by molar-refractivity contribution is -0.138. The van der Waals surface area contributed by atoms with Gasteiger partial charge < -0.3 is 0 Å². The number of aryl methyl sites for hydroxylation is 1. The Morgan fingerprint density at radius 3 is 2.89 bits per heavy atom. The van der Waals surface area contributed by atoms with E-state index in [0.29, 0.717) is 12.8 Å². The van der Waals surface area contributed by atoms with E-state index >= 15 is 0 Å². The maximum Gasteiger partial charge on any atom is 0.243 e. The summed E-state index contributed by atoms with van der Waals surface area (Å²) in [6.07, 6.45) is 5.39. The van der Waals surface area contributed by atoms with E-state index < -0.39 is 0 Å². The smallest absolute Gasteiger partial charge is 0.243 e. The van der Waals surface area contributed by atoms with Gasteiger partial charge in [0.25, 0.3) is 0 Å². The Labute approximate surface area is 106 Å². The monoisotopic (exact) mass is 251 g/mol. The van der Waals surface area contributed by atoms with Crippen molar-refractivity contribution >= 4 is 5.91 Å². The molecule has 1 amide bonds. The molecule has 0 radical (unpaired) electrons. The van der Waals surface area contributed by atoms with Gasteiger partial charge in [-0.1, -0.05) is 25.0 Å². The largest absolute Gasteiger partial charge is 0.273 e. The van der Waals surface area contributed by atoms with Crippen LogP contribution in [0.15, 0.2) is 24.3 Å². The van der Waals surface area contributed by atoms with E-state index in [4.69, 9.17) is 4.84 Å². The number of rotatable bonds is 5. The summed E-state index contributed by atoms with van der Waals surface area (Å²) in [7, 11) is 0. The third kappa shape index (κ3) is 4.11. The van der Waals surface area contributed by atoms with Gasteiger partial charge in [0.2, 0.25) is 5.91 Å². The first kappa shape index (κ1) is 13.0. The SMILES string of the molecule is O=C(CCc1cccc(F)c1)NOC1CCCC1. The lowest BCUT2D eigenvalue weighted by Crippen LogP contribution is -2.28. The third-order valence-corrected chi connectivity index (χ3v) is 3.17. The molecule has 0 bridgehead atoms. The van der Waals surface area contributed by atoms with Crippen LogP contribution in [0.2, 0.25) is 0 Å². The molecule has 2 rings (SSSR count). The van der Waals surface area contributed by atoms with Crippen LogP contribution in [0, 0.1) is 5.82 Å². The van der Waals surface area contributed by atoms with Gasteiger partial charge in [-0.3, -0.25) is 9.63 Å². The van der Waals surface area contributed by atoms with E-state index in [9.17, 15) is 9.18 Å². The van der Waals surface area contributed by atoms with Gasteiger partial charge in [0.15, 0.2) is 0 Å². The maximum atomic E-state index is 12.9. The van der Waals surface area contributed by atoms with Crippen molar-refractivity contribution in [3.05, 3.63) is 35.6 Å². The molecule has 1 aromatic rings. The van der Waals surface area contributed by atoms with Gasteiger partial charge in [-0.2, -0.15) is 0 Å². The highest BCUT2D eigenvalue weighted by molar-refractivity contribution is 5.75. The Balaban J connectivity index is 1.68. The molecule has 98 valence electrons. The number of halogens is 1. The fourth-order valence-corrected chi connectivity index (χ4v) is 2.16. The van der Waals surface area contributed by atoms with Crippen LogP contribution in [0.3, 0.4) is 0 Å². The van der Waals surface area contributed by atoms with Crippen LogP contribution in [0.5, 0.6) is 0 Å². The standard InChI is InChI=1S/C14H18FNO2/c15-12-5-3-4-11(10-12)8-9-14(17)16-18-13-6-1-2-7-13/h3-5,10,13H,1-2,6-9H2,(H,16,17). The molecule has 1 saturated carbocycles. The van der Waals surface area contributed by atoms with Crippen LogP contribution < -0.4 is 5.48 Å². The first-order chi connectivity index (χ1) is 8.74. The van der Waals surface area contributed by atoms with E-state index in [-0.39, 0.29) is 17.8 Å². The molecule has 0 unspecified atom stereocenters. The van der Waals surface area contributed by atoms with Crippen LogP contribution >= 0.6 is 0 Å². The molecule has 0 aromatic heterocycles. The van der Waals surface area contributed by atoms with Crippen LogP contribution in [0.1, 0.15) is 37.7 Å². The minimum atomic E-state index is -0.268. The van der Waals surface area contributed by atoms with Crippen molar-refractivity contribution in [2.45, 2.75) is 44.6 Å². The zero-order valence-electron chi connectivity index (χ0n) is 10.3. The zero-order chi connectivity index (χ0) is 12.8. The van der Waals surface area contributed by atoms with Gasteiger partial charge in [0, 0.05) is 6.42 Å². The van der Waals surface area contributed by atoms with Crippen molar-refractivity contribution in [2.24, 2.45) is 0 Å². The van der Waals surface area contributed by atoms with Crippen molar-refractivity contribution in [3.63, 3.8) is 0 Å². The summed E-state index contributed by atoms with van der Waals surface area (Å²) in [6, 6.07) is 6.31. The summed E-state index contributed by atoms with van der Waals surface area (Å²) in [4.78, 5) is 16.8. The van der Waals surface area contributed by atoms with Crippen LogP contribution in [-0.2, 0) is 16.1 Å². The fraction of sp³-hybridized carbons (Fsp3) is 0.500. The molecule has 1 aliphatic carbocycles. The highest BCUT2D eigenvalue weighted by Gasteiger charge is 2.16. The minimum absolute atomic E-state index is 0.147. The van der Waals surface area contributed by atoms with Crippen LogP contribution in [0.25, 0.3) is 0 Å². The predicted molar refractivity (Wildman–Crippen MR) is 66.2 cm³/mol. The molecule has 1 aliphatic rings. The van der Waals surface area contributed by atoms with Crippen LogP contribution in [0.4, 0.5) is 4.39 Å². The highest BCUT2D eigenvalue weighted by Crippen LogP contribution is 2.19. The second-order valence-corrected chi connectivity index (χ2v) is 4.68. The van der Waals surface area contributed by atoms with Gasteiger partial charge in [-0.25, -0.2) is 9.87 Å². The summed E-state index contributed by atoms with van der Waals surface area (Å²) in [5.74, 6) is -0.415. The summed E-state index contributed by atoms with van der Waals surface area (Å²) < 4.78 is 12.9. The number of nitrogens with one attached hydrogen (secondary N) is 1. The maximum absolute atomic E-state index is 12.9. The Bertz CT molecular complexity index is 403. The van der Waals surface area contributed by atoms with E-state index in [1.807, 2.05) is 6.07 Å². The topological polar surface area (TPSA) is 38.3 Å². The number of carbonyl (C=O) groups excluding carboxylic acids is 1. The molecule has 4 heteroatoms. The van der Waals surface area contributed by atoms with Crippen LogP contribution in [-0.4, -0.2) is 12.0 Å². The fourth-order valence-electron chi connectivity index (χ4n) is 2.16. The third-order valence-electron chi connectivity index (χ3n) is 3.17. The number of hydroxylamine groups is 1. The minimum Gasteiger partial charge on any atom is -0.273 e. The van der Waals surface area contributed by atoms with Gasteiger partial charge >= 0.3 is 0 Å². The zero-order valence-corrected chi connectivity index (χ0v) is 10.3. The average molecular weight is 251 g/mol. The second-order valence-electron chi connectivity index (χ2n) is 4.68.